The first-order chi connectivity index (χ1) is 9.47. The Morgan fingerprint density at radius 3 is 2.50 bits per heavy atom. The van der Waals surface area contributed by atoms with Crippen molar-refractivity contribution in [3.8, 4) is 6.07 Å². The summed E-state index contributed by atoms with van der Waals surface area (Å²) in [5, 5.41) is 9.45. The van der Waals surface area contributed by atoms with Gasteiger partial charge in [0.15, 0.2) is 0 Å². The fourth-order valence-corrected chi connectivity index (χ4v) is 4.76. The van der Waals surface area contributed by atoms with Crippen LogP contribution in [0.15, 0.2) is 0 Å². The van der Waals surface area contributed by atoms with Gasteiger partial charge in [-0.1, -0.05) is 27.2 Å². The molecule has 2 fully saturated rings. The average molecular weight is 296 g/mol. The minimum Gasteiger partial charge on any atom is -0.297 e. The van der Waals surface area contributed by atoms with Gasteiger partial charge < -0.3 is 0 Å². The number of nitriles is 1. The van der Waals surface area contributed by atoms with Crippen LogP contribution in [0.5, 0.6) is 0 Å². The van der Waals surface area contributed by atoms with Crippen LogP contribution in [0, 0.1) is 28.6 Å². The van der Waals surface area contributed by atoms with Crippen molar-refractivity contribution >= 4 is 10.8 Å². The Kier molecular flexibility index (Phi) is 5.25. The molecule has 0 aromatic rings. The van der Waals surface area contributed by atoms with E-state index < -0.39 is 10.8 Å². The number of nitrogens with zero attached hydrogens (tertiary/aromatic N) is 2. The van der Waals surface area contributed by atoms with Gasteiger partial charge in [-0.15, -0.1) is 0 Å². The summed E-state index contributed by atoms with van der Waals surface area (Å²) in [6, 6.07) is 2.93. The zero-order valence-corrected chi connectivity index (χ0v) is 13.9. The first-order valence-electron chi connectivity index (χ1n) is 7.96. The van der Waals surface area contributed by atoms with Crippen molar-refractivity contribution in [1.82, 2.24) is 4.90 Å². The van der Waals surface area contributed by atoms with E-state index in [4.69, 9.17) is 0 Å². The second-order valence-electron chi connectivity index (χ2n) is 7.04. The molecule has 0 amide bonds. The van der Waals surface area contributed by atoms with Crippen molar-refractivity contribution in [3.63, 3.8) is 0 Å². The van der Waals surface area contributed by atoms with Crippen LogP contribution in [0.1, 0.15) is 46.5 Å². The Morgan fingerprint density at radius 1 is 1.30 bits per heavy atom. The summed E-state index contributed by atoms with van der Waals surface area (Å²) < 4.78 is 11.5. The molecule has 2 rings (SSSR count). The van der Waals surface area contributed by atoms with Crippen molar-refractivity contribution in [2.45, 2.75) is 52.5 Å². The van der Waals surface area contributed by atoms with Gasteiger partial charge in [-0.25, -0.2) is 0 Å². The van der Waals surface area contributed by atoms with Crippen LogP contribution in [-0.2, 0) is 10.8 Å². The maximum atomic E-state index is 11.5. The maximum Gasteiger partial charge on any atom is 0.0672 e. The van der Waals surface area contributed by atoms with Gasteiger partial charge in [0.2, 0.25) is 0 Å². The van der Waals surface area contributed by atoms with Gasteiger partial charge in [-0.05, 0) is 30.6 Å². The van der Waals surface area contributed by atoms with Gasteiger partial charge >= 0.3 is 0 Å². The fourth-order valence-electron chi connectivity index (χ4n) is 3.68. The molecule has 1 aliphatic heterocycles. The summed E-state index contributed by atoms with van der Waals surface area (Å²) in [6.07, 6.45) is 4.57. The standard InChI is InChI=1S/C16H28N2OS/c1-4-16(2,3)14-6-5-13(12-17)15(11-14)18-7-9-20(19)10-8-18/h13-15H,4-11H2,1-3H3. The SMILES string of the molecule is CCC(C)(C)C1CCC(C#N)C(N2CCS(=O)CC2)C1. The van der Waals surface area contributed by atoms with Gasteiger partial charge in [0.05, 0.1) is 12.0 Å². The molecule has 1 saturated carbocycles. The molecule has 1 aliphatic carbocycles. The predicted molar refractivity (Wildman–Crippen MR) is 83.8 cm³/mol. The van der Waals surface area contributed by atoms with Gasteiger partial charge in [0.25, 0.3) is 0 Å². The second kappa shape index (κ2) is 6.58. The van der Waals surface area contributed by atoms with Crippen LogP contribution in [0.4, 0.5) is 0 Å². The third-order valence-corrected chi connectivity index (χ3v) is 6.96. The second-order valence-corrected chi connectivity index (χ2v) is 8.74. The summed E-state index contributed by atoms with van der Waals surface area (Å²) in [5.41, 5.74) is 0.372. The molecule has 0 aromatic carbocycles. The van der Waals surface area contributed by atoms with E-state index in [0.29, 0.717) is 11.5 Å². The molecule has 4 heteroatoms. The van der Waals surface area contributed by atoms with Crippen molar-refractivity contribution in [3.05, 3.63) is 0 Å². The quantitative estimate of drug-likeness (QED) is 0.804. The minimum absolute atomic E-state index is 0.172. The van der Waals surface area contributed by atoms with Crippen LogP contribution in [0.3, 0.4) is 0 Å². The molecule has 1 heterocycles. The average Bonchev–Trinajstić information content (AvgIpc) is 2.47. The van der Waals surface area contributed by atoms with E-state index in [1.54, 1.807) is 0 Å². The molecule has 1 saturated heterocycles. The first-order valence-corrected chi connectivity index (χ1v) is 9.45. The van der Waals surface area contributed by atoms with Crippen LogP contribution >= 0.6 is 0 Å². The largest absolute Gasteiger partial charge is 0.297 e. The summed E-state index contributed by atoms with van der Waals surface area (Å²) in [6.45, 7) is 8.83. The highest BCUT2D eigenvalue weighted by atomic mass is 32.2. The van der Waals surface area contributed by atoms with Crippen molar-refractivity contribution in [1.29, 1.82) is 5.26 Å². The van der Waals surface area contributed by atoms with Crippen LogP contribution in [0.25, 0.3) is 0 Å². The Bertz CT molecular complexity index is 392. The van der Waals surface area contributed by atoms with Crippen molar-refractivity contribution in [2.24, 2.45) is 17.3 Å². The summed E-state index contributed by atoms with van der Waals surface area (Å²) in [5.74, 6) is 2.47. The molecule has 20 heavy (non-hydrogen) atoms. The molecule has 0 aromatic heterocycles. The Balaban J connectivity index is 2.07. The lowest BCUT2D eigenvalue weighted by Gasteiger charge is -2.46. The summed E-state index contributed by atoms with van der Waals surface area (Å²) in [7, 11) is -0.631. The Morgan fingerprint density at radius 2 is 1.95 bits per heavy atom. The lowest BCUT2D eigenvalue weighted by Crippen LogP contribution is -2.51. The lowest BCUT2D eigenvalue weighted by atomic mass is 9.66. The van der Waals surface area contributed by atoms with E-state index >= 15 is 0 Å². The van der Waals surface area contributed by atoms with Crippen LogP contribution in [-0.4, -0.2) is 39.7 Å². The monoisotopic (exact) mass is 296 g/mol. The smallest absolute Gasteiger partial charge is 0.0672 e. The molecule has 2 aliphatic rings. The van der Waals surface area contributed by atoms with Crippen LogP contribution in [0.2, 0.25) is 0 Å². The maximum absolute atomic E-state index is 11.5. The normalized spacial score (nSPS) is 33.8. The van der Waals surface area contributed by atoms with Gasteiger partial charge in [-0.2, -0.15) is 5.26 Å². The molecular weight excluding hydrogens is 268 g/mol. The minimum atomic E-state index is -0.631. The van der Waals surface area contributed by atoms with E-state index in [1.165, 1.54) is 12.8 Å². The zero-order chi connectivity index (χ0) is 14.8. The highest BCUT2D eigenvalue weighted by Crippen LogP contribution is 2.43. The zero-order valence-electron chi connectivity index (χ0n) is 13.1. The van der Waals surface area contributed by atoms with E-state index in [9.17, 15) is 9.47 Å². The highest BCUT2D eigenvalue weighted by molar-refractivity contribution is 7.85. The molecule has 0 spiro atoms. The molecule has 114 valence electrons. The fraction of sp³-hybridized carbons (Fsp3) is 0.938. The number of hydrogen-bond acceptors (Lipinski definition) is 3. The number of rotatable bonds is 3. The molecule has 0 N–H and O–H groups in total. The molecule has 0 bridgehead atoms. The highest BCUT2D eigenvalue weighted by Gasteiger charge is 2.40. The first kappa shape index (κ1) is 16.0. The molecule has 0 radical (unpaired) electrons. The molecule has 3 unspecified atom stereocenters. The van der Waals surface area contributed by atoms with Gasteiger partial charge in [0, 0.05) is 41.4 Å². The third kappa shape index (κ3) is 3.43. The van der Waals surface area contributed by atoms with E-state index in [0.717, 1.165) is 43.4 Å². The third-order valence-electron chi connectivity index (χ3n) is 5.68. The number of hydrogen-bond donors (Lipinski definition) is 0. The van der Waals surface area contributed by atoms with Gasteiger partial charge in [-0.3, -0.25) is 9.11 Å². The lowest BCUT2D eigenvalue weighted by molar-refractivity contribution is 0.0563. The summed E-state index contributed by atoms with van der Waals surface area (Å²) in [4.78, 5) is 2.45. The topological polar surface area (TPSA) is 44.1 Å². The Labute approximate surface area is 126 Å². The van der Waals surface area contributed by atoms with E-state index in [1.807, 2.05) is 0 Å². The molecule has 3 atom stereocenters. The molecular formula is C16H28N2OS. The van der Waals surface area contributed by atoms with Gasteiger partial charge in [0.1, 0.15) is 0 Å². The van der Waals surface area contributed by atoms with Crippen molar-refractivity contribution in [2.75, 3.05) is 24.6 Å². The summed E-state index contributed by atoms with van der Waals surface area (Å²) >= 11 is 0. The van der Waals surface area contributed by atoms with Crippen molar-refractivity contribution < 1.29 is 4.21 Å². The van der Waals surface area contributed by atoms with E-state index in [2.05, 4.69) is 31.7 Å². The molecule has 3 nitrogen and oxygen atoms in total. The van der Waals surface area contributed by atoms with E-state index in [-0.39, 0.29) is 5.92 Å². The Hall–Kier alpha value is -0.400. The predicted octanol–water partition coefficient (Wildman–Crippen LogP) is 2.80. The van der Waals surface area contributed by atoms with Crippen LogP contribution < -0.4 is 0 Å².